The van der Waals surface area contributed by atoms with Crippen LogP contribution in [0, 0.1) is 0 Å². The molecular weight excluding hydrogens is 1320 g/mol. The van der Waals surface area contributed by atoms with Crippen LogP contribution in [0.2, 0.25) is 0 Å². The summed E-state index contributed by atoms with van der Waals surface area (Å²) in [7, 11) is -9.93. The van der Waals surface area contributed by atoms with E-state index in [1.165, 1.54) is 231 Å². The van der Waals surface area contributed by atoms with Crippen molar-refractivity contribution in [2.24, 2.45) is 0 Å². The molecule has 0 saturated heterocycles. The molecule has 0 heterocycles. The third kappa shape index (κ3) is 75.6. The third-order valence-corrected chi connectivity index (χ3v) is 20.6. The zero-order valence-corrected chi connectivity index (χ0v) is 67.2. The van der Waals surface area contributed by atoms with E-state index in [1.807, 2.05) is 0 Å². The van der Waals surface area contributed by atoms with E-state index < -0.39 is 97.5 Å². The highest BCUT2D eigenvalue weighted by atomic mass is 31.2. The first-order chi connectivity index (χ1) is 49.2. The number of esters is 4. The molecule has 0 aromatic carbocycles. The second-order valence-corrected chi connectivity index (χ2v) is 31.7. The van der Waals surface area contributed by atoms with Gasteiger partial charge in [-0.15, -0.1) is 0 Å². The fourth-order valence-corrected chi connectivity index (χ4v) is 13.9. The van der Waals surface area contributed by atoms with E-state index in [-0.39, 0.29) is 25.7 Å². The van der Waals surface area contributed by atoms with Crippen LogP contribution >= 0.6 is 15.6 Å². The second kappa shape index (κ2) is 75.8. The molecule has 101 heavy (non-hydrogen) atoms. The van der Waals surface area contributed by atoms with Gasteiger partial charge in [0.05, 0.1) is 26.4 Å². The van der Waals surface area contributed by atoms with Crippen molar-refractivity contribution in [1.29, 1.82) is 0 Å². The van der Waals surface area contributed by atoms with Crippen molar-refractivity contribution >= 4 is 39.5 Å². The minimum absolute atomic E-state index is 0.103. The minimum atomic E-state index is -4.97. The van der Waals surface area contributed by atoms with Gasteiger partial charge in [-0.3, -0.25) is 37.3 Å². The summed E-state index contributed by atoms with van der Waals surface area (Å²) in [5.74, 6) is -2.13. The lowest BCUT2D eigenvalue weighted by atomic mass is 10.0. The maximum Gasteiger partial charge on any atom is 0.472 e. The number of hydrogen-bond donors (Lipinski definition) is 3. The molecule has 596 valence electrons. The van der Waals surface area contributed by atoms with Crippen molar-refractivity contribution in [3.8, 4) is 0 Å². The predicted octanol–water partition coefficient (Wildman–Crippen LogP) is 24.5. The first kappa shape index (κ1) is 98.5. The van der Waals surface area contributed by atoms with E-state index in [0.717, 1.165) is 109 Å². The van der Waals surface area contributed by atoms with Crippen molar-refractivity contribution in [3.05, 3.63) is 24.3 Å². The van der Waals surface area contributed by atoms with Gasteiger partial charge in [-0.2, -0.15) is 0 Å². The number of ether oxygens (including phenoxy) is 4. The molecule has 0 rings (SSSR count). The zero-order chi connectivity index (χ0) is 73.9. The second-order valence-electron chi connectivity index (χ2n) is 28.8. The Morgan fingerprint density at radius 2 is 0.475 bits per heavy atom. The topological polar surface area (TPSA) is 237 Å². The van der Waals surface area contributed by atoms with E-state index in [0.29, 0.717) is 25.7 Å². The molecule has 0 aromatic rings. The van der Waals surface area contributed by atoms with Gasteiger partial charge in [-0.25, -0.2) is 9.13 Å². The average molecular weight is 1480 g/mol. The Bertz CT molecular complexity index is 2010. The van der Waals surface area contributed by atoms with E-state index in [2.05, 4.69) is 52.0 Å². The number of aliphatic hydroxyl groups is 1. The van der Waals surface area contributed by atoms with Crippen LogP contribution in [0.3, 0.4) is 0 Å². The van der Waals surface area contributed by atoms with Crippen LogP contribution in [0.1, 0.15) is 419 Å². The molecular formula is C82H156O17P2. The van der Waals surface area contributed by atoms with Gasteiger partial charge in [0, 0.05) is 25.7 Å². The zero-order valence-electron chi connectivity index (χ0n) is 65.4. The lowest BCUT2D eigenvalue weighted by Crippen LogP contribution is -2.30. The predicted molar refractivity (Wildman–Crippen MR) is 414 cm³/mol. The molecule has 0 aliphatic rings. The number of carbonyl (C=O) groups is 4. The monoisotopic (exact) mass is 1480 g/mol. The molecule has 3 N–H and O–H groups in total. The van der Waals surface area contributed by atoms with Gasteiger partial charge in [0.1, 0.15) is 19.3 Å². The summed E-state index contributed by atoms with van der Waals surface area (Å²) in [6, 6.07) is 0. The quantitative estimate of drug-likeness (QED) is 0.0169. The normalized spacial score (nSPS) is 13.9. The molecule has 0 radical (unpaired) electrons. The van der Waals surface area contributed by atoms with Crippen molar-refractivity contribution in [3.63, 3.8) is 0 Å². The van der Waals surface area contributed by atoms with Crippen LogP contribution in [0.15, 0.2) is 24.3 Å². The summed E-state index contributed by atoms with van der Waals surface area (Å²) in [5, 5.41) is 10.6. The number of phosphoric acid groups is 2. The SMILES string of the molecule is CCCCCC/C=C\C=C/CCCCCCCC(=O)OC[C@H](COP(=O)(O)OC[C@@H](O)COP(=O)(O)OC[C@@H](COC(=O)CCCCCCCCCCCCC)OC(=O)CCCCCCCCCCCCCCCC)OC(=O)CCCCCCCCCCCCCCCCCCCCCCC. The van der Waals surface area contributed by atoms with E-state index in [4.69, 9.17) is 37.0 Å². The van der Waals surface area contributed by atoms with Gasteiger partial charge in [0.15, 0.2) is 12.2 Å². The molecule has 17 nitrogen and oxygen atoms in total. The van der Waals surface area contributed by atoms with Gasteiger partial charge in [0.25, 0.3) is 0 Å². The van der Waals surface area contributed by atoms with Gasteiger partial charge in [-0.1, -0.05) is 367 Å². The molecule has 0 spiro atoms. The Labute approximate surface area is 618 Å². The van der Waals surface area contributed by atoms with Gasteiger partial charge >= 0.3 is 39.5 Å². The van der Waals surface area contributed by atoms with Crippen LogP contribution in [0.5, 0.6) is 0 Å². The van der Waals surface area contributed by atoms with Crippen molar-refractivity contribution < 1.29 is 80.2 Å². The third-order valence-electron chi connectivity index (χ3n) is 18.7. The molecule has 0 amide bonds. The number of unbranched alkanes of at least 4 members (excludes halogenated alkanes) is 52. The highest BCUT2D eigenvalue weighted by Gasteiger charge is 2.30. The number of phosphoric ester groups is 2. The Morgan fingerprint density at radius 3 is 0.723 bits per heavy atom. The Kier molecular flexibility index (Phi) is 73.9. The Hall–Kier alpha value is -2.46. The van der Waals surface area contributed by atoms with E-state index in [1.54, 1.807) is 0 Å². The van der Waals surface area contributed by atoms with E-state index >= 15 is 0 Å². The van der Waals surface area contributed by atoms with Crippen LogP contribution in [0.25, 0.3) is 0 Å². The highest BCUT2D eigenvalue weighted by Crippen LogP contribution is 2.45. The first-order valence-electron chi connectivity index (χ1n) is 42.1. The summed E-state index contributed by atoms with van der Waals surface area (Å²) in [6.07, 6.45) is 71.5. The molecule has 19 heteroatoms. The molecule has 0 saturated carbocycles. The minimum Gasteiger partial charge on any atom is -0.462 e. The largest absolute Gasteiger partial charge is 0.472 e. The molecule has 0 fully saturated rings. The molecule has 0 aromatic heterocycles. The Morgan fingerprint density at radius 1 is 0.277 bits per heavy atom. The maximum absolute atomic E-state index is 13.1. The van der Waals surface area contributed by atoms with Gasteiger partial charge in [0.2, 0.25) is 0 Å². The lowest BCUT2D eigenvalue weighted by molar-refractivity contribution is -0.161. The molecule has 0 aliphatic carbocycles. The lowest BCUT2D eigenvalue weighted by Gasteiger charge is -2.21. The Balaban J connectivity index is 5.25. The molecule has 5 atom stereocenters. The number of aliphatic hydroxyl groups excluding tert-OH is 1. The van der Waals surface area contributed by atoms with Crippen molar-refractivity contribution in [2.45, 2.75) is 438 Å². The van der Waals surface area contributed by atoms with Crippen LogP contribution in [-0.2, 0) is 65.4 Å². The summed E-state index contributed by atoms with van der Waals surface area (Å²) in [4.78, 5) is 73.0. The van der Waals surface area contributed by atoms with Gasteiger partial charge < -0.3 is 33.8 Å². The number of allylic oxidation sites excluding steroid dienone is 4. The van der Waals surface area contributed by atoms with Crippen LogP contribution < -0.4 is 0 Å². The first-order valence-corrected chi connectivity index (χ1v) is 45.1. The summed E-state index contributed by atoms with van der Waals surface area (Å²) < 4.78 is 68.7. The molecule has 2 unspecified atom stereocenters. The summed E-state index contributed by atoms with van der Waals surface area (Å²) in [6.45, 7) is 4.96. The summed E-state index contributed by atoms with van der Waals surface area (Å²) in [5.41, 5.74) is 0. The smallest absolute Gasteiger partial charge is 0.462 e. The maximum atomic E-state index is 13.1. The highest BCUT2D eigenvalue weighted by molar-refractivity contribution is 7.47. The number of hydrogen-bond acceptors (Lipinski definition) is 15. The fraction of sp³-hybridized carbons (Fsp3) is 0.902. The average Bonchev–Trinajstić information content (AvgIpc) is 0.940. The molecule has 0 bridgehead atoms. The standard InChI is InChI=1S/C82H156O17P2/c1-5-9-13-17-21-25-29-32-35-36-37-38-39-40-42-45-49-53-57-61-65-69-82(87)99-78(73-93-80(85)67-63-59-55-51-47-44-41-33-30-26-22-18-14-10-6-2)75-97-101(90,91)95-71-76(83)70-94-100(88,89)96-74-77(72-92-79(84)66-62-58-54-50-46-28-24-20-16-12-8-4)98-81(86)68-64-60-56-52-48-43-34-31-27-23-19-15-11-7-3/h26,30,33,41,76-78,83H,5-25,27-29,31-32,34-40,42-75H2,1-4H3,(H,88,89)(H,90,91)/b30-26-,41-33-/t76-,77+,78+/m0/s1. The van der Waals surface area contributed by atoms with Crippen molar-refractivity contribution in [1.82, 2.24) is 0 Å². The van der Waals surface area contributed by atoms with E-state index in [9.17, 15) is 43.2 Å². The van der Waals surface area contributed by atoms with Crippen molar-refractivity contribution in [2.75, 3.05) is 39.6 Å². The fourth-order valence-electron chi connectivity index (χ4n) is 12.3. The molecule has 0 aliphatic heterocycles. The van der Waals surface area contributed by atoms with Gasteiger partial charge in [-0.05, 0) is 51.4 Å². The number of rotatable bonds is 81. The van der Waals surface area contributed by atoms with Crippen LogP contribution in [-0.4, -0.2) is 96.7 Å². The van der Waals surface area contributed by atoms with Crippen LogP contribution in [0.4, 0.5) is 0 Å². The number of carbonyl (C=O) groups excluding carboxylic acids is 4. The summed E-state index contributed by atoms with van der Waals surface area (Å²) >= 11 is 0.